The van der Waals surface area contributed by atoms with E-state index in [0.29, 0.717) is 48.6 Å². The number of likely N-dealkylation sites (N-methyl/N-ethyl adjacent to an activating group) is 2. The molecule has 8 nitrogen and oxygen atoms in total. The Morgan fingerprint density at radius 3 is 0.941 bits per heavy atom. The molecule has 2 N–H and O–H groups in total. The number of hydrogen-bond donors (Lipinski definition) is 2. The summed E-state index contributed by atoms with van der Waals surface area (Å²) < 4.78 is 0. The average Bonchev–Trinajstić information content (AvgIpc) is 3.37. The Kier molecular flexibility index (Phi) is 16.7. The zero-order valence-electron chi connectivity index (χ0n) is 39.9. The van der Waals surface area contributed by atoms with Gasteiger partial charge in [-0.2, -0.15) is 0 Å². The number of hydrogen-bond acceptors (Lipinski definition) is 6. The second-order valence-electron chi connectivity index (χ2n) is 18.9. The first-order valence-corrected chi connectivity index (χ1v) is 24.5. The maximum atomic E-state index is 13.8. The number of benzene rings is 6. The van der Waals surface area contributed by atoms with Crippen LogP contribution in [-0.2, 0) is 31.6 Å². The van der Waals surface area contributed by atoms with Gasteiger partial charge < -0.3 is 29.8 Å². The molecule has 2 aliphatic rings. The minimum atomic E-state index is -0.837. The molecule has 2 saturated heterocycles. The summed E-state index contributed by atoms with van der Waals surface area (Å²) in [6.45, 7) is 4.62. The van der Waals surface area contributed by atoms with E-state index < -0.39 is 22.0 Å². The van der Waals surface area contributed by atoms with Crippen molar-refractivity contribution in [3.8, 4) is 0 Å². The number of amides is 2. The highest BCUT2D eigenvalue weighted by Crippen LogP contribution is 2.41. The third kappa shape index (κ3) is 11.2. The maximum absolute atomic E-state index is 13.8. The molecule has 68 heavy (non-hydrogen) atoms. The fourth-order valence-electron chi connectivity index (χ4n) is 10.3. The Hall–Kier alpha value is -5.32. The van der Waals surface area contributed by atoms with E-state index in [4.69, 9.17) is 23.2 Å². The van der Waals surface area contributed by atoms with Gasteiger partial charge in [0.05, 0.1) is 11.2 Å². The first-order chi connectivity index (χ1) is 32.7. The van der Waals surface area contributed by atoms with Crippen molar-refractivity contribution in [2.45, 2.75) is 60.6 Å². The second kappa shape index (κ2) is 22.4. The molecule has 0 radical (unpaired) electrons. The van der Waals surface area contributed by atoms with E-state index in [0.717, 1.165) is 72.6 Å². The van der Waals surface area contributed by atoms with Gasteiger partial charge in [-0.05, 0) is 109 Å². The minimum Gasteiger partial charge on any atom is -0.385 e. The van der Waals surface area contributed by atoms with Gasteiger partial charge in [-0.1, -0.05) is 169 Å². The Balaban J connectivity index is 0.000000201. The quantitative estimate of drug-likeness (QED) is 0.113. The Morgan fingerprint density at radius 2 is 0.706 bits per heavy atom. The molecule has 10 heteroatoms. The summed E-state index contributed by atoms with van der Waals surface area (Å²) >= 11 is 12.1. The first kappa shape index (κ1) is 50.6. The van der Waals surface area contributed by atoms with E-state index in [1.165, 1.54) is 0 Å². The monoisotopic (exact) mass is 952 g/mol. The number of rotatable bonds is 14. The summed E-state index contributed by atoms with van der Waals surface area (Å²) in [6.07, 6.45) is 3.94. The molecule has 0 aliphatic carbocycles. The van der Waals surface area contributed by atoms with E-state index >= 15 is 0 Å². The van der Waals surface area contributed by atoms with Crippen LogP contribution in [0.25, 0.3) is 0 Å². The largest absolute Gasteiger partial charge is 0.385 e. The molecule has 2 fully saturated rings. The molecule has 6 aromatic rings. The van der Waals surface area contributed by atoms with Gasteiger partial charge in [-0.3, -0.25) is 9.59 Å². The molecular formula is C58H66Cl2N4O4. The number of nitrogens with zero attached hydrogens (tertiary/aromatic N) is 4. The van der Waals surface area contributed by atoms with Gasteiger partial charge in [-0.25, -0.2) is 0 Å². The summed E-state index contributed by atoms with van der Waals surface area (Å²) in [4.78, 5) is 35.8. The lowest BCUT2D eigenvalue weighted by atomic mass is 9.70. The fraction of sp³-hybridized carbons (Fsp3) is 0.345. The summed E-state index contributed by atoms with van der Waals surface area (Å²) in [7, 11) is 7.32. The van der Waals surface area contributed by atoms with E-state index in [1.807, 2.05) is 150 Å². The van der Waals surface area contributed by atoms with Gasteiger partial charge in [0.2, 0.25) is 11.8 Å². The molecular weight excluding hydrogens is 888 g/mol. The SMILES string of the molecule is CN(C)C(=O)C(CCN1CCC(O)(c2ccc(Cl)cc2)CC1)(c1ccccc1)c1ccccc1.CN(C)C(=O)C(CCN1CCC(O)(c2ccc(Cl)cc2)CC1)(c1ccccc1)c1ccccc1. The summed E-state index contributed by atoms with van der Waals surface area (Å²) in [5.41, 5.74) is 2.66. The lowest BCUT2D eigenvalue weighted by molar-refractivity contribution is -0.134. The van der Waals surface area contributed by atoms with E-state index in [-0.39, 0.29) is 11.8 Å². The molecule has 8 rings (SSSR count). The first-order valence-electron chi connectivity index (χ1n) is 23.8. The molecule has 0 unspecified atom stereocenters. The van der Waals surface area contributed by atoms with Crippen LogP contribution in [-0.4, -0.2) is 109 Å². The van der Waals surface area contributed by atoms with Crippen LogP contribution in [0.15, 0.2) is 170 Å². The predicted molar refractivity (Wildman–Crippen MR) is 276 cm³/mol. The van der Waals surface area contributed by atoms with Crippen LogP contribution in [0.3, 0.4) is 0 Å². The fourth-order valence-corrected chi connectivity index (χ4v) is 10.6. The molecule has 2 heterocycles. The van der Waals surface area contributed by atoms with Crippen LogP contribution < -0.4 is 0 Å². The number of aliphatic hydroxyl groups is 2. The van der Waals surface area contributed by atoms with Crippen LogP contribution in [0.2, 0.25) is 10.0 Å². The third-order valence-corrected chi connectivity index (χ3v) is 14.8. The van der Waals surface area contributed by atoms with E-state index in [2.05, 4.69) is 58.3 Å². The topological polar surface area (TPSA) is 87.6 Å². The Bertz CT molecular complexity index is 2250. The standard InChI is InChI=1S/2C29H33ClN2O2/c2*1-31(2)27(33)29(24-9-5-3-6-10-24,25-11-7-4-8-12-25)19-22-32-20-17-28(34,18-21-32)23-13-15-26(30)16-14-23/h2*3-16,34H,17-22H2,1-2H3. The van der Waals surface area contributed by atoms with Crippen LogP contribution in [0.4, 0.5) is 0 Å². The van der Waals surface area contributed by atoms with E-state index in [1.54, 1.807) is 9.80 Å². The van der Waals surface area contributed by atoms with Crippen LogP contribution in [0, 0.1) is 0 Å². The highest BCUT2D eigenvalue weighted by Gasteiger charge is 2.45. The van der Waals surface area contributed by atoms with Crippen molar-refractivity contribution >= 4 is 35.0 Å². The molecule has 356 valence electrons. The molecule has 2 amide bonds. The van der Waals surface area contributed by atoms with Gasteiger partial charge in [0.1, 0.15) is 10.8 Å². The summed E-state index contributed by atoms with van der Waals surface area (Å²) in [5, 5.41) is 23.9. The van der Waals surface area contributed by atoms with Crippen LogP contribution in [0.5, 0.6) is 0 Å². The summed E-state index contributed by atoms with van der Waals surface area (Å²) in [5.74, 6) is 0.166. The molecule has 0 spiro atoms. The Morgan fingerprint density at radius 1 is 0.456 bits per heavy atom. The normalized spacial score (nSPS) is 16.2. The van der Waals surface area contributed by atoms with Crippen molar-refractivity contribution in [3.05, 3.63) is 213 Å². The van der Waals surface area contributed by atoms with Crippen LogP contribution in [0.1, 0.15) is 71.9 Å². The molecule has 0 bridgehead atoms. The highest BCUT2D eigenvalue weighted by molar-refractivity contribution is 6.30. The predicted octanol–water partition coefficient (Wildman–Crippen LogP) is 10.2. The molecule has 2 aliphatic heterocycles. The number of likely N-dealkylation sites (tertiary alicyclic amines) is 2. The van der Waals surface area contributed by atoms with Crippen molar-refractivity contribution < 1.29 is 19.8 Å². The van der Waals surface area contributed by atoms with E-state index in [9.17, 15) is 19.8 Å². The molecule has 0 atom stereocenters. The highest BCUT2D eigenvalue weighted by atomic mass is 35.5. The Labute approximate surface area is 413 Å². The third-order valence-electron chi connectivity index (χ3n) is 14.3. The van der Waals surface area contributed by atoms with Crippen molar-refractivity contribution in [2.75, 3.05) is 67.5 Å². The zero-order chi connectivity index (χ0) is 48.4. The zero-order valence-corrected chi connectivity index (χ0v) is 41.4. The number of halogens is 2. The van der Waals surface area contributed by atoms with Crippen LogP contribution >= 0.6 is 23.2 Å². The molecule has 0 aromatic heterocycles. The van der Waals surface area contributed by atoms with Crippen molar-refractivity contribution in [3.63, 3.8) is 0 Å². The summed E-state index contributed by atoms with van der Waals surface area (Å²) in [6, 6.07) is 55.5. The van der Waals surface area contributed by atoms with Crippen molar-refractivity contribution in [1.29, 1.82) is 0 Å². The van der Waals surface area contributed by atoms with Gasteiger partial charge in [-0.15, -0.1) is 0 Å². The molecule has 0 saturated carbocycles. The van der Waals surface area contributed by atoms with Gasteiger partial charge in [0.25, 0.3) is 0 Å². The lowest BCUT2D eigenvalue weighted by Crippen LogP contribution is -2.48. The van der Waals surface area contributed by atoms with Gasteiger partial charge in [0, 0.05) is 64.4 Å². The smallest absolute Gasteiger partial charge is 0.237 e. The number of carbonyl (C=O) groups excluding carboxylic acids is 2. The second-order valence-corrected chi connectivity index (χ2v) is 19.8. The lowest BCUT2D eigenvalue weighted by Gasteiger charge is -2.41. The van der Waals surface area contributed by atoms with Gasteiger partial charge in [0.15, 0.2) is 0 Å². The minimum absolute atomic E-state index is 0.0829. The van der Waals surface area contributed by atoms with Gasteiger partial charge >= 0.3 is 0 Å². The number of piperidine rings is 2. The molecule has 6 aromatic carbocycles. The number of carbonyl (C=O) groups is 2. The average molecular weight is 954 g/mol. The van der Waals surface area contributed by atoms with Crippen molar-refractivity contribution in [1.82, 2.24) is 19.6 Å². The van der Waals surface area contributed by atoms with Crippen molar-refractivity contribution in [2.24, 2.45) is 0 Å². The maximum Gasteiger partial charge on any atom is 0.237 e.